The SMILES string of the molecule is CC1(C)c2cc(N(c3ccc4c(ccc5ccccc54)c3)c3ccc4ccc5ccccc5c4c3)ccc2-c2cc3oc4ccccc4c(=O)c3cc21. The van der Waals surface area contributed by atoms with Gasteiger partial charge in [0.05, 0.1) is 10.8 Å². The fourth-order valence-corrected chi connectivity index (χ4v) is 8.87. The van der Waals surface area contributed by atoms with Gasteiger partial charge in [0.25, 0.3) is 0 Å². The van der Waals surface area contributed by atoms with Crippen molar-refractivity contribution in [2.45, 2.75) is 19.3 Å². The van der Waals surface area contributed by atoms with Crippen molar-refractivity contribution < 1.29 is 4.42 Å². The Morgan fingerprint density at radius 1 is 0.415 bits per heavy atom. The van der Waals surface area contributed by atoms with Crippen LogP contribution in [-0.4, -0.2) is 0 Å². The molecule has 0 aliphatic heterocycles. The van der Waals surface area contributed by atoms with Gasteiger partial charge in [-0.25, -0.2) is 0 Å². The molecule has 1 aliphatic rings. The Balaban J connectivity index is 1.13. The van der Waals surface area contributed by atoms with Crippen LogP contribution in [0.2, 0.25) is 0 Å². The van der Waals surface area contributed by atoms with E-state index in [4.69, 9.17) is 4.42 Å². The first-order valence-electron chi connectivity index (χ1n) is 18.2. The van der Waals surface area contributed by atoms with Crippen LogP contribution in [-0.2, 0) is 5.41 Å². The van der Waals surface area contributed by atoms with Crippen LogP contribution in [0.1, 0.15) is 25.0 Å². The maximum absolute atomic E-state index is 13.7. The third kappa shape index (κ3) is 4.37. The molecule has 10 aromatic rings. The standard InChI is InChI=1S/C50H33NO2/c1-50(2)45-27-36(22-24-40(45)43-29-48-44(28-46(43)50)49(52)41-13-7-8-14-47(41)53-48)51(34-21-23-39-33(25-34)18-17-30-9-3-5-11-37(30)39)35-20-19-32-16-15-31-10-4-6-12-38(31)42(32)26-35/h3-29H,1-2H3. The minimum Gasteiger partial charge on any atom is -0.456 e. The number of hydrogen-bond donors (Lipinski definition) is 0. The lowest BCUT2D eigenvalue weighted by Crippen LogP contribution is -2.17. The fourth-order valence-electron chi connectivity index (χ4n) is 8.87. The average molecular weight is 680 g/mol. The minimum absolute atomic E-state index is 0.0104. The molecule has 9 aromatic carbocycles. The molecule has 1 aromatic heterocycles. The fraction of sp³-hybridized carbons (Fsp3) is 0.0600. The summed E-state index contributed by atoms with van der Waals surface area (Å²) in [6, 6.07) is 58.3. The number of anilines is 3. The molecule has 0 bridgehead atoms. The van der Waals surface area contributed by atoms with Gasteiger partial charge in [-0.15, -0.1) is 0 Å². The monoisotopic (exact) mass is 679 g/mol. The predicted molar refractivity (Wildman–Crippen MR) is 222 cm³/mol. The van der Waals surface area contributed by atoms with Crippen LogP contribution >= 0.6 is 0 Å². The number of para-hydroxylation sites is 1. The largest absolute Gasteiger partial charge is 0.456 e. The van der Waals surface area contributed by atoms with E-state index < -0.39 is 0 Å². The third-order valence-corrected chi connectivity index (χ3v) is 11.6. The highest BCUT2D eigenvalue weighted by Crippen LogP contribution is 2.52. The summed E-state index contributed by atoms with van der Waals surface area (Å²) in [5.41, 5.74) is 8.80. The highest BCUT2D eigenvalue weighted by atomic mass is 16.3. The molecule has 250 valence electrons. The normalized spacial score (nSPS) is 13.3. The van der Waals surface area contributed by atoms with Gasteiger partial charge in [-0.3, -0.25) is 4.79 Å². The summed E-state index contributed by atoms with van der Waals surface area (Å²) >= 11 is 0. The van der Waals surface area contributed by atoms with Crippen molar-refractivity contribution in [1.82, 2.24) is 0 Å². The van der Waals surface area contributed by atoms with Crippen LogP contribution in [0.5, 0.6) is 0 Å². The Morgan fingerprint density at radius 3 is 1.75 bits per heavy atom. The summed E-state index contributed by atoms with van der Waals surface area (Å²) in [5.74, 6) is 0. The lowest BCUT2D eigenvalue weighted by Gasteiger charge is -2.29. The lowest BCUT2D eigenvalue weighted by molar-refractivity contribution is 0.652. The second-order valence-electron chi connectivity index (χ2n) is 14.9. The molecule has 0 amide bonds. The van der Waals surface area contributed by atoms with Gasteiger partial charge < -0.3 is 9.32 Å². The van der Waals surface area contributed by atoms with E-state index in [-0.39, 0.29) is 10.8 Å². The van der Waals surface area contributed by atoms with Gasteiger partial charge in [-0.05, 0) is 126 Å². The Labute approximate surface area is 306 Å². The zero-order chi connectivity index (χ0) is 35.4. The topological polar surface area (TPSA) is 33.5 Å². The number of nitrogens with zero attached hydrogens (tertiary/aromatic N) is 1. The van der Waals surface area contributed by atoms with Crippen LogP contribution in [0.25, 0.3) is 76.2 Å². The van der Waals surface area contributed by atoms with Crippen molar-refractivity contribution in [3.63, 3.8) is 0 Å². The van der Waals surface area contributed by atoms with E-state index >= 15 is 0 Å². The highest BCUT2D eigenvalue weighted by Gasteiger charge is 2.37. The number of hydrogen-bond acceptors (Lipinski definition) is 3. The molecule has 11 rings (SSSR count). The van der Waals surface area contributed by atoms with Crippen molar-refractivity contribution in [3.05, 3.63) is 185 Å². The summed E-state index contributed by atoms with van der Waals surface area (Å²) in [5, 5.41) is 11.1. The summed E-state index contributed by atoms with van der Waals surface area (Å²) in [6.45, 7) is 4.53. The Morgan fingerprint density at radius 2 is 0.962 bits per heavy atom. The van der Waals surface area contributed by atoms with Crippen LogP contribution in [0.15, 0.2) is 173 Å². The van der Waals surface area contributed by atoms with E-state index in [1.54, 1.807) is 0 Å². The van der Waals surface area contributed by atoms with E-state index in [1.165, 1.54) is 54.2 Å². The molecule has 0 saturated heterocycles. The first-order valence-corrected chi connectivity index (χ1v) is 18.2. The van der Waals surface area contributed by atoms with E-state index in [1.807, 2.05) is 24.3 Å². The predicted octanol–water partition coefficient (Wildman–Crippen LogP) is 13.3. The molecule has 0 radical (unpaired) electrons. The van der Waals surface area contributed by atoms with Gasteiger partial charge >= 0.3 is 0 Å². The molecular weight excluding hydrogens is 647 g/mol. The lowest BCUT2D eigenvalue weighted by atomic mass is 9.82. The summed E-state index contributed by atoms with van der Waals surface area (Å²) in [4.78, 5) is 16.1. The van der Waals surface area contributed by atoms with Gasteiger partial charge in [0.2, 0.25) is 5.43 Å². The Hall–Kier alpha value is -6.71. The van der Waals surface area contributed by atoms with Gasteiger partial charge in [0.15, 0.2) is 0 Å². The van der Waals surface area contributed by atoms with Crippen molar-refractivity contribution in [2.24, 2.45) is 0 Å². The minimum atomic E-state index is -0.347. The number of benzene rings is 9. The van der Waals surface area contributed by atoms with Crippen molar-refractivity contribution in [1.29, 1.82) is 0 Å². The first kappa shape index (κ1) is 30.0. The molecule has 53 heavy (non-hydrogen) atoms. The molecule has 0 spiro atoms. The van der Waals surface area contributed by atoms with Crippen molar-refractivity contribution in [2.75, 3.05) is 4.90 Å². The number of rotatable bonds is 3. The second-order valence-corrected chi connectivity index (χ2v) is 14.9. The zero-order valence-corrected chi connectivity index (χ0v) is 29.4. The Kier molecular flexibility index (Phi) is 6.16. The maximum Gasteiger partial charge on any atom is 0.200 e. The van der Waals surface area contributed by atoms with Crippen molar-refractivity contribution >= 4 is 82.1 Å². The zero-order valence-electron chi connectivity index (χ0n) is 29.4. The molecule has 3 nitrogen and oxygen atoms in total. The van der Waals surface area contributed by atoms with Gasteiger partial charge in [0.1, 0.15) is 11.2 Å². The summed E-state index contributed by atoms with van der Waals surface area (Å²) < 4.78 is 6.33. The van der Waals surface area contributed by atoms with E-state index in [9.17, 15) is 4.79 Å². The van der Waals surface area contributed by atoms with Crippen LogP contribution in [0.3, 0.4) is 0 Å². The summed E-state index contributed by atoms with van der Waals surface area (Å²) in [6.07, 6.45) is 0. The molecule has 0 fully saturated rings. The average Bonchev–Trinajstić information content (AvgIpc) is 3.41. The molecule has 0 atom stereocenters. The molecular formula is C50H33NO2. The van der Waals surface area contributed by atoms with Crippen molar-refractivity contribution in [3.8, 4) is 11.1 Å². The molecule has 3 heteroatoms. The molecule has 1 aliphatic carbocycles. The number of fused-ring (bicyclic) bond motifs is 11. The molecule has 0 saturated carbocycles. The smallest absolute Gasteiger partial charge is 0.200 e. The van der Waals surface area contributed by atoms with Crippen LogP contribution in [0.4, 0.5) is 17.1 Å². The first-order chi connectivity index (χ1) is 25.9. The maximum atomic E-state index is 13.7. The van der Waals surface area contributed by atoms with Gasteiger partial charge in [0, 0.05) is 22.5 Å². The quantitative estimate of drug-likeness (QED) is 0.138. The van der Waals surface area contributed by atoms with Gasteiger partial charge in [-0.2, -0.15) is 0 Å². The van der Waals surface area contributed by atoms with E-state index in [0.29, 0.717) is 21.9 Å². The second kappa shape index (κ2) is 10.9. The van der Waals surface area contributed by atoms with E-state index in [0.717, 1.165) is 28.2 Å². The molecule has 0 N–H and O–H groups in total. The van der Waals surface area contributed by atoms with E-state index in [2.05, 4.69) is 158 Å². The Bertz CT molecular complexity index is 3240. The summed E-state index contributed by atoms with van der Waals surface area (Å²) in [7, 11) is 0. The third-order valence-electron chi connectivity index (χ3n) is 11.6. The molecule has 0 unspecified atom stereocenters. The van der Waals surface area contributed by atoms with Gasteiger partial charge in [-0.1, -0.05) is 117 Å². The highest BCUT2D eigenvalue weighted by molar-refractivity contribution is 6.10. The molecule has 1 heterocycles. The van der Waals surface area contributed by atoms with Crippen LogP contribution in [0, 0.1) is 0 Å². The van der Waals surface area contributed by atoms with Crippen LogP contribution < -0.4 is 10.3 Å².